The second kappa shape index (κ2) is 4.37. The van der Waals surface area contributed by atoms with Crippen LogP contribution in [0, 0.1) is 28.6 Å². The average molecular weight is 272 g/mol. The van der Waals surface area contributed by atoms with Gasteiger partial charge in [0.25, 0.3) is 0 Å². The molecule has 0 aromatic carbocycles. The Kier molecular flexibility index (Phi) is 2.93. The summed E-state index contributed by atoms with van der Waals surface area (Å²) in [5.41, 5.74) is 5.00. The van der Waals surface area contributed by atoms with Crippen LogP contribution in [0.5, 0.6) is 0 Å². The molecule has 0 nitrogen and oxygen atoms in total. The van der Waals surface area contributed by atoms with Crippen molar-refractivity contribution >= 4 is 0 Å². The van der Waals surface area contributed by atoms with Gasteiger partial charge in [0, 0.05) is 0 Å². The van der Waals surface area contributed by atoms with Crippen molar-refractivity contribution in [1.82, 2.24) is 0 Å². The summed E-state index contributed by atoms with van der Waals surface area (Å²) in [6, 6.07) is 0. The second-order valence-corrected chi connectivity index (χ2v) is 9.03. The Morgan fingerprint density at radius 1 is 0.850 bits per heavy atom. The molecule has 20 heavy (non-hydrogen) atoms. The van der Waals surface area contributed by atoms with Crippen molar-refractivity contribution in [1.29, 1.82) is 0 Å². The Labute approximate surface area is 125 Å². The maximum Gasteiger partial charge on any atom is -0.00827 e. The van der Waals surface area contributed by atoms with E-state index in [1.165, 1.54) is 57.8 Å². The molecule has 0 N–H and O–H groups in total. The van der Waals surface area contributed by atoms with Gasteiger partial charge in [0.1, 0.15) is 0 Å². The number of allylic oxidation sites excluding steroid dienone is 2. The molecule has 5 atom stereocenters. The van der Waals surface area contributed by atoms with Crippen LogP contribution in [0.25, 0.3) is 0 Å². The van der Waals surface area contributed by atoms with Crippen molar-refractivity contribution in [3.63, 3.8) is 0 Å². The Hall–Kier alpha value is -0.260. The Morgan fingerprint density at radius 3 is 2.55 bits per heavy atom. The molecule has 3 saturated carbocycles. The monoisotopic (exact) mass is 272 g/mol. The van der Waals surface area contributed by atoms with E-state index in [2.05, 4.69) is 20.8 Å². The molecule has 0 spiro atoms. The quantitative estimate of drug-likeness (QED) is 0.466. The SMILES string of the molecule is CC1=C2CC[C@H]3[C@@H]4CCC[C@@]4(C)CC[C@@H]3[C@@]2(C)CCC1. The number of fused-ring (bicyclic) bond motifs is 5. The Morgan fingerprint density at radius 2 is 1.70 bits per heavy atom. The molecular formula is C20H32. The van der Waals surface area contributed by atoms with E-state index in [9.17, 15) is 0 Å². The maximum atomic E-state index is 2.65. The van der Waals surface area contributed by atoms with Gasteiger partial charge in [-0.2, -0.15) is 0 Å². The minimum Gasteiger partial charge on any atom is -0.0736 e. The van der Waals surface area contributed by atoms with Crippen molar-refractivity contribution < 1.29 is 0 Å². The van der Waals surface area contributed by atoms with Crippen molar-refractivity contribution in [3.05, 3.63) is 11.1 Å². The van der Waals surface area contributed by atoms with Crippen molar-refractivity contribution in [2.24, 2.45) is 28.6 Å². The predicted octanol–water partition coefficient (Wildman–Crippen LogP) is 6.12. The van der Waals surface area contributed by atoms with E-state index in [1.54, 1.807) is 12.0 Å². The molecule has 0 radical (unpaired) electrons. The van der Waals surface area contributed by atoms with Crippen LogP contribution < -0.4 is 0 Å². The highest BCUT2D eigenvalue weighted by molar-refractivity contribution is 5.28. The van der Waals surface area contributed by atoms with Crippen LogP contribution in [-0.2, 0) is 0 Å². The summed E-state index contributed by atoms with van der Waals surface area (Å²) in [5.74, 6) is 3.16. The van der Waals surface area contributed by atoms with Gasteiger partial charge in [-0.15, -0.1) is 0 Å². The molecule has 0 heterocycles. The van der Waals surface area contributed by atoms with Crippen LogP contribution in [-0.4, -0.2) is 0 Å². The van der Waals surface area contributed by atoms with Gasteiger partial charge in [-0.1, -0.05) is 31.4 Å². The van der Waals surface area contributed by atoms with Gasteiger partial charge < -0.3 is 0 Å². The van der Waals surface area contributed by atoms with Gasteiger partial charge in [-0.3, -0.25) is 0 Å². The molecule has 3 fully saturated rings. The molecular weight excluding hydrogens is 240 g/mol. The number of rotatable bonds is 0. The summed E-state index contributed by atoms with van der Waals surface area (Å²) < 4.78 is 0. The fraction of sp³-hybridized carbons (Fsp3) is 0.900. The third-order valence-corrected chi connectivity index (χ3v) is 8.22. The summed E-state index contributed by atoms with van der Waals surface area (Å²) in [6.07, 6.45) is 15.0. The minimum atomic E-state index is 0.592. The maximum absolute atomic E-state index is 2.65. The first kappa shape index (κ1) is 13.4. The molecule has 0 unspecified atom stereocenters. The summed E-state index contributed by atoms with van der Waals surface area (Å²) in [4.78, 5) is 0. The van der Waals surface area contributed by atoms with Crippen LogP contribution in [0.15, 0.2) is 11.1 Å². The molecule has 112 valence electrons. The Balaban J connectivity index is 1.71. The molecule has 4 aliphatic rings. The third kappa shape index (κ3) is 1.66. The molecule has 0 heteroatoms. The van der Waals surface area contributed by atoms with Gasteiger partial charge >= 0.3 is 0 Å². The summed E-state index contributed by atoms with van der Waals surface area (Å²) in [6.45, 7) is 7.72. The zero-order chi connectivity index (χ0) is 14.0. The fourth-order valence-corrected chi connectivity index (χ4v) is 7.20. The van der Waals surface area contributed by atoms with Gasteiger partial charge in [-0.05, 0) is 93.3 Å². The van der Waals surface area contributed by atoms with Crippen LogP contribution >= 0.6 is 0 Å². The van der Waals surface area contributed by atoms with Gasteiger partial charge in [0.05, 0.1) is 0 Å². The van der Waals surface area contributed by atoms with Gasteiger partial charge in [-0.25, -0.2) is 0 Å². The third-order valence-electron chi connectivity index (χ3n) is 8.22. The lowest BCUT2D eigenvalue weighted by Gasteiger charge is -2.58. The number of hydrogen-bond acceptors (Lipinski definition) is 0. The van der Waals surface area contributed by atoms with Crippen LogP contribution in [0.2, 0.25) is 0 Å². The summed E-state index contributed by atoms with van der Waals surface area (Å²) >= 11 is 0. The lowest BCUT2D eigenvalue weighted by molar-refractivity contribution is -0.0368. The smallest absolute Gasteiger partial charge is 0.00827 e. The van der Waals surface area contributed by atoms with E-state index in [1.807, 2.05) is 5.57 Å². The summed E-state index contributed by atoms with van der Waals surface area (Å²) in [5, 5.41) is 0. The van der Waals surface area contributed by atoms with Crippen molar-refractivity contribution in [2.75, 3.05) is 0 Å². The van der Waals surface area contributed by atoms with Gasteiger partial charge in [0.15, 0.2) is 0 Å². The molecule has 4 rings (SSSR count). The highest BCUT2D eigenvalue weighted by atomic mass is 14.6. The van der Waals surface area contributed by atoms with Crippen LogP contribution in [0.4, 0.5) is 0 Å². The van der Waals surface area contributed by atoms with E-state index in [4.69, 9.17) is 0 Å². The van der Waals surface area contributed by atoms with Crippen molar-refractivity contribution in [3.8, 4) is 0 Å². The van der Waals surface area contributed by atoms with E-state index in [0.29, 0.717) is 5.41 Å². The van der Waals surface area contributed by atoms with Crippen molar-refractivity contribution in [2.45, 2.75) is 85.0 Å². The van der Waals surface area contributed by atoms with E-state index in [-0.39, 0.29) is 0 Å². The highest BCUT2D eigenvalue weighted by Crippen LogP contribution is 2.65. The predicted molar refractivity (Wildman–Crippen MR) is 85.6 cm³/mol. The Bertz CT molecular complexity index is 445. The standard InChI is InChI=1S/C20H32/c1-14-6-4-12-20(3)16(14)9-8-15-17-7-5-11-19(17,2)13-10-18(15)20/h15,17-18H,4-13H2,1-3H3/t15-,17-,18-,19-,20-/m0/s1. The average Bonchev–Trinajstić information content (AvgIpc) is 2.80. The van der Waals surface area contributed by atoms with E-state index >= 15 is 0 Å². The number of hydrogen-bond donors (Lipinski definition) is 0. The zero-order valence-electron chi connectivity index (χ0n) is 13.8. The first-order chi connectivity index (χ1) is 9.55. The topological polar surface area (TPSA) is 0 Å². The molecule has 0 aliphatic heterocycles. The molecule has 0 amide bonds. The van der Waals surface area contributed by atoms with E-state index < -0.39 is 0 Å². The molecule has 0 aromatic heterocycles. The summed E-state index contributed by atoms with van der Waals surface area (Å²) in [7, 11) is 0. The molecule has 0 saturated heterocycles. The lowest BCUT2D eigenvalue weighted by Crippen LogP contribution is -2.49. The molecule has 0 aromatic rings. The minimum absolute atomic E-state index is 0.592. The van der Waals surface area contributed by atoms with Crippen LogP contribution in [0.1, 0.15) is 85.0 Å². The lowest BCUT2D eigenvalue weighted by atomic mass is 9.47. The highest BCUT2D eigenvalue weighted by Gasteiger charge is 2.55. The molecule has 0 bridgehead atoms. The van der Waals surface area contributed by atoms with Crippen LogP contribution in [0.3, 0.4) is 0 Å². The normalized spacial score (nSPS) is 51.5. The molecule has 4 aliphatic carbocycles. The largest absolute Gasteiger partial charge is 0.0736 e. The fourth-order valence-electron chi connectivity index (χ4n) is 7.20. The first-order valence-electron chi connectivity index (χ1n) is 9.24. The van der Waals surface area contributed by atoms with E-state index in [0.717, 1.165) is 23.2 Å². The second-order valence-electron chi connectivity index (χ2n) is 9.03. The zero-order valence-corrected chi connectivity index (χ0v) is 13.8. The first-order valence-corrected chi connectivity index (χ1v) is 9.24. The van der Waals surface area contributed by atoms with Gasteiger partial charge in [0.2, 0.25) is 0 Å².